The Morgan fingerprint density at radius 1 is 1.43 bits per heavy atom. The van der Waals surface area contributed by atoms with Crippen LogP contribution >= 0.6 is 11.6 Å². The van der Waals surface area contributed by atoms with Gasteiger partial charge in [-0.2, -0.15) is 0 Å². The first-order valence-electron chi connectivity index (χ1n) is 7.57. The second kappa shape index (κ2) is 7.66. The van der Waals surface area contributed by atoms with Crippen molar-refractivity contribution < 1.29 is 4.79 Å². The van der Waals surface area contributed by atoms with Crippen molar-refractivity contribution >= 4 is 28.9 Å². The maximum absolute atomic E-state index is 12.1. The minimum Gasteiger partial charge on any atom is -0.375 e. The second-order valence-corrected chi connectivity index (χ2v) is 6.17. The number of nitrogens with zero attached hydrogens (tertiary/aromatic N) is 1. The molecule has 5 heteroatoms. The average Bonchev–Trinajstić information content (AvgIpc) is 2.46. The Morgan fingerprint density at radius 2 is 2.24 bits per heavy atom. The third-order valence-electron chi connectivity index (χ3n) is 3.84. The van der Waals surface area contributed by atoms with Gasteiger partial charge in [0.05, 0.1) is 16.4 Å². The smallest absolute Gasteiger partial charge is 0.224 e. The second-order valence-electron chi connectivity index (χ2n) is 5.76. The number of para-hydroxylation sites is 1. The van der Waals surface area contributed by atoms with Crippen LogP contribution in [0.5, 0.6) is 0 Å². The van der Waals surface area contributed by atoms with Crippen LogP contribution in [0.3, 0.4) is 0 Å². The summed E-state index contributed by atoms with van der Waals surface area (Å²) in [7, 11) is 3.84. The van der Waals surface area contributed by atoms with Gasteiger partial charge >= 0.3 is 0 Å². The molecule has 1 aromatic carbocycles. The normalized spacial score (nSPS) is 18.3. The Kier molecular flexibility index (Phi) is 5.88. The highest BCUT2D eigenvalue weighted by Crippen LogP contribution is 2.32. The first kappa shape index (κ1) is 16.1. The van der Waals surface area contributed by atoms with Gasteiger partial charge in [-0.05, 0) is 37.9 Å². The van der Waals surface area contributed by atoms with E-state index in [0.29, 0.717) is 17.5 Å². The Hall–Kier alpha value is -1.26. The molecule has 1 fully saturated rings. The average molecular weight is 310 g/mol. The van der Waals surface area contributed by atoms with E-state index in [0.717, 1.165) is 24.3 Å². The van der Waals surface area contributed by atoms with Gasteiger partial charge in [0, 0.05) is 26.6 Å². The van der Waals surface area contributed by atoms with Crippen LogP contribution in [-0.2, 0) is 4.79 Å². The summed E-state index contributed by atoms with van der Waals surface area (Å²) in [6.45, 7) is 1.07. The molecule has 116 valence electrons. The van der Waals surface area contributed by atoms with Crippen LogP contribution in [0.1, 0.15) is 32.1 Å². The van der Waals surface area contributed by atoms with E-state index in [1.54, 1.807) is 0 Å². The summed E-state index contributed by atoms with van der Waals surface area (Å²) in [5.41, 5.74) is 1.62. The van der Waals surface area contributed by atoms with E-state index in [4.69, 9.17) is 11.6 Å². The number of nitrogens with one attached hydrogen (secondary N) is 2. The molecule has 1 saturated heterocycles. The van der Waals surface area contributed by atoms with Crippen molar-refractivity contribution in [3.63, 3.8) is 0 Å². The van der Waals surface area contributed by atoms with E-state index >= 15 is 0 Å². The zero-order valence-electron chi connectivity index (χ0n) is 12.8. The minimum atomic E-state index is 0.0488. The summed E-state index contributed by atoms with van der Waals surface area (Å²) in [5, 5.41) is 7.09. The number of hydrogen-bond acceptors (Lipinski definition) is 3. The molecule has 21 heavy (non-hydrogen) atoms. The first-order valence-corrected chi connectivity index (χ1v) is 7.95. The number of piperidine rings is 1. The van der Waals surface area contributed by atoms with Crippen LogP contribution in [0.4, 0.5) is 11.4 Å². The fourth-order valence-electron chi connectivity index (χ4n) is 2.76. The number of hydrogen-bond donors (Lipinski definition) is 2. The number of amides is 1. The third kappa shape index (κ3) is 4.61. The molecule has 1 aromatic rings. The summed E-state index contributed by atoms with van der Waals surface area (Å²) in [4.78, 5) is 14.1. The zero-order valence-corrected chi connectivity index (χ0v) is 13.5. The molecule has 1 unspecified atom stereocenters. The van der Waals surface area contributed by atoms with Gasteiger partial charge in [-0.3, -0.25) is 4.79 Å². The van der Waals surface area contributed by atoms with Crippen LogP contribution in [0, 0.1) is 0 Å². The van der Waals surface area contributed by atoms with Gasteiger partial charge in [0.1, 0.15) is 0 Å². The van der Waals surface area contributed by atoms with Gasteiger partial charge in [-0.25, -0.2) is 0 Å². The molecule has 4 nitrogen and oxygen atoms in total. The molecule has 1 atom stereocenters. The number of rotatable bonds is 5. The molecule has 0 aromatic heterocycles. The highest BCUT2D eigenvalue weighted by molar-refractivity contribution is 6.34. The molecule has 0 aliphatic carbocycles. The first-order chi connectivity index (χ1) is 10.1. The molecule has 1 aliphatic rings. The van der Waals surface area contributed by atoms with Crippen molar-refractivity contribution in [1.82, 2.24) is 5.32 Å². The Labute approximate surface area is 131 Å². The largest absolute Gasteiger partial charge is 0.375 e. The SMILES string of the molecule is CN(C)c1c(Cl)cccc1NC(=O)CCC1CCCCN1. The van der Waals surface area contributed by atoms with E-state index in [1.807, 2.05) is 37.2 Å². The van der Waals surface area contributed by atoms with E-state index in [2.05, 4.69) is 10.6 Å². The molecule has 0 radical (unpaired) electrons. The topological polar surface area (TPSA) is 44.4 Å². The molecule has 2 rings (SSSR count). The monoisotopic (exact) mass is 309 g/mol. The van der Waals surface area contributed by atoms with Gasteiger partial charge in [-0.15, -0.1) is 0 Å². The summed E-state index contributed by atoms with van der Waals surface area (Å²) >= 11 is 6.20. The van der Waals surface area contributed by atoms with E-state index < -0.39 is 0 Å². The molecule has 2 N–H and O–H groups in total. The molecule has 1 aliphatic heterocycles. The molecular weight excluding hydrogens is 286 g/mol. The van der Waals surface area contributed by atoms with Gasteiger partial charge < -0.3 is 15.5 Å². The molecular formula is C16H24ClN3O. The number of anilines is 2. The number of carbonyl (C=O) groups excluding carboxylic acids is 1. The van der Waals surface area contributed by atoms with Gasteiger partial charge in [-0.1, -0.05) is 24.1 Å². The lowest BCUT2D eigenvalue weighted by Gasteiger charge is -2.23. The summed E-state index contributed by atoms with van der Waals surface area (Å²) < 4.78 is 0. The Morgan fingerprint density at radius 3 is 2.90 bits per heavy atom. The van der Waals surface area contributed by atoms with Gasteiger partial charge in [0.2, 0.25) is 5.91 Å². The fourth-order valence-corrected chi connectivity index (χ4v) is 3.10. The van der Waals surface area contributed by atoms with Crippen molar-refractivity contribution in [3.05, 3.63) is 23.2 Å². The Balaban J connectivity index is 1.91. The highest BCUT2D eigenvalue weighted by atomic mass is 35.5. The highest BCUT2D eigenvalue weighted by Gasteiger charge is 2.15. The molecule has 0 spiro atoms. The number of halogens is 1. The molecule has 0 bridgehead atoms. The standard InChI is InChI=1S/C16H24ClN3O/c1-20(2)16-13(17)7-5-8-14(16)19-15(21)10-9-12-6-3-4-11-18-12/h5,7-8,12,18H,3-4,6,9-11H2,1-2H3,(H,19,21). The van der Waals surface area contributed by atoms with Crippen molar-refractivity contribution in [1.29, 1.82) is 0 Å². The summed E-state index contributed by atoms with van der Waals surface area (Å²) in [6.07, 6.45) is 5.11. The van der Waals surface area contributed by atoms with Crippen LogP contribution in [0.25, 0.3) is 0 Å². The lowest BCUT2D eigenvalue weighted by atomic mass is 10.0. The lowest BCUT2D eigenvalue weighted by Crippen LogP contribution is -2.34. The van der Waals surface area contributed by atoms with Crippen LogP contribution < -0.4 is 15.5 Å². The van der Waals surface area contributed by atoms with Gasteiger partial charge in [0.15, 0.2) is 0 Å². The quantitative estimate of drug-likeness (QED) is 0.877. The van der Waals surface area contributed by atoms with Crippen LogP contribution in [0.15, 0.2) is 18.2 Å². The zero-order chi connectivity index (χ0) is 15.2. The fraction of sp³-hybridized carbons (Fsp3) is 0.562. The molecule has 1 amide bonds. The molecule has 0 saturated carbocycles. The number of carbonyl (C=O) groups is 1. The lowest BCUT2D eigenvalue weighted by molar-refractivity contribution is -0.116. The van der Waals surface area contributed by atoms with Crippen molar-refractivity contribution in [3.8, 4) is 0 Å². The predicted octanol–water partition coefficient (Wildman–Crippen LogP) is 3.27. The predicted molar refractivity (Wildman–Crippen MR) is 89.3 cm³/mol. The van der Waals surface area contributed by atoms with Crippen LogP contribution in [-0.4, -0.2) is 32.6 Å². The molecule has 1 heterocycles. The van der Waals surface area contributed by atoms with Gasteiger partial charge in [0.25, 0.3) is 0 Å². The van der Waals surface area contributed by atoms with E-state index in [9.17, 15) is 4.79 Å². The van der Waals surface area contributed by atoms with E-state index in [1.165, 1.54) is 19.3 Å². The minimum absolute atomic E-state index is 0.0488. The van der Waals surface area contributed by atoms with Crippen LogP contribution in [0.2, 0.25) is 5.02 Å². The maximum Gasteiger partial charge on any atom is 0.224 e. The third-order valence-corrected chi connectivity index (χ3v) is 4.15. The summed E-state index contributed by atoms with van der Waals surface area (Å²) in [6, 6.07) is 6.06. The van der Waals surface area contributed by atoms with Crippen molar-refractivity contribution in [2.45, 2.75) is 38.1 Å². The maximum atomic E-state index is 12.1. The summed E-state index contributed by atoms with van der Waals surface area (Å²) in [5.74, 6) is 0.0488. The Bertz CT molecular complexity index is 484. The number of benzene rings is 1. The van der Waals surface area contributed by atoms with E-state index in [-0.39, 0.29) is 5.91 Å². The van der Waals surface area contributed by atoms with Crippen molar-refractivity contribution in [2.24, 2.45) is 0 Å². The van der Waals surface area contributed by atoms with Crippen molar-refractivity contribution in [2.75, 3.05) is 30.9 Å².